The summed E-state index contributed by atoms with van der Waals surface area (Å²) >= 11 is 0. The second-order valence-corrected chi connectivity index (χ2v) is 2.32. The smallest absolute Gasteiger partial charge is 0.323 e. The molecule has 1 aromatic rings. The molecule has 66 valence electrons. The van der Waals surface area contributed by atoms with Crippen LogP contribution in [0.5, 0.6) is 0 Å². The number of nitrogens with two attached hydrogens (primary N) is 1. The van der Waals surface area contributed by atoms with Crippen LogP contribution in [-0.2, 0) is 4.79 Å². The van der Waals surface area contributed by atoms with Crippen molar-refractivity contribution >= 4 is 5.97 Å². The van der Waals surface area contributed by atoms with E-state index < -0.39 is 18.1 Å². The van der Waals surface area contributed by atoms with Gasteiger partial charge in [-0.25, -0.2) is 0 Å². The molecule has 0 saturated heterocycles. The van der Waals surface area contributed by atoms with Crippen molar-refractivity contribution in [3.05, 3.63) is 24.2 Å². The molecule has 4 N–H and O–H groups in total. The average Bonchev–Trinajstić information content (AvgIpc) is 2.53. The lowest BCUT2D eigenvalue weighted by atomic mass is 10.1. The van der Waals surface area contributed by atoms with E-state index in [9.17, 15) is 9.90 Å². The summed E-state index contributed by atoms with van der Waals surface area (Å²) in [6.45, 7) is 0. The first-order valence-electron chi connectivity index (χ1n) is 3.33. The van der Waals surface area contributed by atoms with Crippen LogP contribution < -0.4 is 5.73 Å². The van der Waals surface area contributed by atoms with Crippen LogP contribution in [0.3, 0.4) is 0 Å². The second kappa shape index (κ2) is 3.38. The number of hydrogen-bond donors (Lipinski definition) is 3. The molecule has 0 unspecified atom stereocenters. The lowest BCUT2D eigenvalue weighted by molar-refractivity contribution is -0.141. The van der Waals surface area contributed by atoms with Gasteiger partial charge in [-0.15, -0.1) is 0 Å². The molecule has 12 heavy (non-hydrogen) atoms. The predicted molar refractivity (Wildman–Crippen MR) is 39.3 cm³/mol. The highest BCUT2D eigenvalue weighted by Crippen LogP contribution is 2.15. The van der Waals surface area contributed by atoms with Crippen molar-refractivity contribution in [2.24, 2.45) is 5.73 Å². The zero-order valence-corrected chi connectivity index (χ0v) is 6.18. The summed E-state index contributed by atoms with van der Waals surface area (Å²) in [5.74, 6) is -1.11. The Bertz CT molecular complexity index is 256. The third-order valence-electron chi connectivity index (χ3n) is 1.46. The Morgan fingerprint density at radius 2 is 2.33 bits per heavy atom. The monoisotopic (exact) mass is 171 g/mol. The standard InChI is InChI=1S/C7H9NO4/c8-5(7(10)11)6(9)4-2-1-3-12-4/h1-3,5-6,9H,8H2,(H,10,11)/t5-,6+/m1/s1. The average molecular weight is 171 g/mol. The van der Waals surface area contributed by atoms with E-state index in [0.29, 0.717) is 0 Å². The van der Waals surface area contributed by atoms with Crippen LogP contribution in [0, 0.1) is 0 Å². The highest BCUT2D eigenvalue weighted by atomic mass is 16.4. The number of aliphatic hydroxyl groups is 1. The fourth-order valence-corrected chi connectivity index (χ4v) is 0.772. The molecule has 0 bridgehead atoms. The van der Waals surface area contributed by atoms with Crippen molar-refractivity contribution in [3.8, 4) is 0 Å². The molecule has 0 saturated carbocycles. The molecule has 1 heterocycles. The molecule has 1 rings (SSSR count). The Labute approximate surface area is 68.4 Å². The summed E-state index contributed by atoms with van der Waals surface area (Å²) in [6, 6.07) is 1.66. The lowest BCUT2D eigenvalue weighted by Crippen LogP contribution is -2.36. The van der Waals surface area contributed by atoms with Crippen molar-refractivity contribution in [1.82, 2.24) is 0 Å². The molecule has 0 aliphatic carbocycles. The molecule has 0 spiro atoms. The molecule has 2 atom stereocenters. The van der Waals surface area contributed by atoms with Crippen LogP contribution in [0.25, 0.3) is 0 Å². The quantitative estimate of drug-likeness (QED) is 0.581. The van der Waals surface area contributed by atoms with Crippen molar-refractivity contribution in [2.75, 3.05) is 0 Å². The Morgan fingerprint density at radius 1 is 1.67 bits per heavy atom. The van der Waals surface area contributed by atoms with Gasteiger partial charge in [-0.3, -0.25) is 4.79 Å². The van der Waals surface area contributed by atoms with Gasteiger partial charge in [0.05, 0.1) is 6.26 Å². The Hall–Kier alpha value is -1.33. The molecular formula is C7H9NO4. The number of furan rings is 1. The third kappa shape index (κ3) is 1.63. The number of carbonyl (C=O) groups is 1. The molecule has 0 fully saturated rings. The maximum atomic E-state index is 10.3. The van der Waals surface area contributed by atoms with E-state index in [0.717, 1.165) is 0 Å². The maximum Gasteiger partial charge on any atom is 0.323 e. The Morgan fingerprint density at radius 3 is 2.75 bits per heavy atom. The maximum absolute atomic E-state index is 10.3. The lowest BCUT2D eigenvalue weighted by Gasteiger charge is -2.11. The largest absolute Gasteiger partial charge is 0.480 e. The van der Waals surface area contributed by atoms with E-state index in [1.54, 1.807) is 6.07 Å². The van der Waals surface area contributed by atoms with Crippen LogP contribution in [-0.4, -0.2) is 22.2 Å². The third-order valence-corrected chi connectivity index (χ3v) is 1.46. The van der Waals surface area contributed by atoms with Gasteiger partial charge < -0.3 is 20.4 Å². The van der Waals surface area contributed by atoms with Gasteiger partial charge in [-0.05, 0) is 12.1 Å². The van der Waals surface area contributed by atoms with Crippen molar-refractivity contribution in [2.45, 2.75) is 12.1 Å². The minimum atomic E-state index is -1.35. The van der Waals surface area contributed by atoms with E-state index in [4.69, 9.17) is 15.3 Å². The second-order valence-electron chi connectivity index (χ2n) is 2.32. The molecule has 0 aliphatic heterocycles. The van der Waals surface area contributed by atoms with E-state index >= 15 is 0 Å². The summed E-state index contributed by atoms with van der Waals surface area (Å²) in [7, 11) is 0. The fourth-order valence-electron chi connectivity index (χ4n) is 0.772. The van der Waals surface area contributed by atoms with Crippen LogP contribution in [0.15, 0.2) is 22.8 Å². The van der Waals surface area contributed by atoms with E-state index in [1.807, 2.05) is 0 Å². The molecule has 1 aromatic heterocycles. The van der Waals surface area contributed by atoms with Crippen LogP contribution in [0.2, 0.25) is 0 Å². The first-order chi connectivity index (χ1) is 5.63. The number of carboxylic acids is 1. The van der Waals surface area contributed by atoms with Gasteiger partial charge >= 0.3 is 5.97 Å². The molecule has 0 aliphatic rings. The zero-order valence-electron chi connectivity index (χ0n) is 6.18. The first kappa shape index (κ1) is 8.76. The SMILES string of the molecule is N[C@@H](C(=O)O)[C@@H](O)c1ccco1. The normalized spacial score (nSPS) is 15.5. The van der Waals surface area contributed by atoms with E-state index in [2.05, 4.69) is 0 Å². The van der Waals surface area contributed by atoms with Crippen LogP contribution in [0.4, 0.5) is 0 Å². The molecular weight excluding hydrogens is 162 g/mol. The first-order valence-corrected chi connectivity index (χ1v) is 3.33. The molecule has 0 amide bonds. The van der Waals surface area contributed by atoms with Gasteiger partial charge in [0.25, 0.3) is 0 Å². The van der Waals surface area contributed by atoms with E-state index in [-0.39, 0.29) is 5.76 Å². The minimum absolute atomic E-state index is 0.157. The van der Waals surface area contributed by atoms with Crippen LogP contribution >= 0.6 is 0 Å². The fraction of sp³-hybridized carbons (Fsp3) is 0.286. The van der Waals surface area contributed by atoms with Crippen molar-refractivity contribution < 1.29 is 19.4 Å². The van der Waals surface area contributed by atoms with Crippen LogP contribution in [0.1, 0.15) is 11.9 Å². The van der Waals surface area contributed by atoms with Crippen molar-refractivity contribution in [3.63, 3.8) is 0 Å². The molecule has 5 heteroatoms. The number of hydrogen-bond acceptors (Lipinski definition) is 4. The Balaban J connectivity index is 2.71. The molecule has 0 aromatic carbocycles. The summed E-state index contributed by atoms with van der Waals surface area (Å²) < 4.78 is 4.77. The van der Waals surface area contributed by atoms with Gasteiger partial charge in [-0.2, -0.15) is 0 Å². The van der Waals surface area contributed by atoms with Crippen molar-refractivity contribution in [1.29, 1.82) is 0 Å². The highest BCUT2D eigenvalue weighted by Gasteiger charge is 2.25. The summed E-state index contributed by atoms with van der Waals surface area (Å²) in [5, 5.41) is 17.7. The number of carboxylic acid groups (broad SMARTS) is 1. The molecule has 5 nitrogen and oxygen atoms in total. The summed E-state index contributed by atoms with van der Waals surface area (Å²) in [6.07, 6.45) is 0.0464. The summed E-state index contributed by atoms with van der Waals surface area (Å²) in [4.78, 5) is 10.3. The van der Waals surface area contributed by atoms with Gasteiger partial charge in [0.15, 0.2) is 0 Å². The predicted octanol–water partition coefficient (Wildman–Crippen LogP) is -0.275. The van der Waals surface area contributed by atoms with E-state index in [1.165, 1.54) is 12.3 Å². The Kier molecular flexibility index (Phi) is 2.47. The number of aliphatic carboxylic acids is 1. The van der Waals surface area contributed by atoms with Gasteiger partial charge in [-0.1, -0.05) is 0 Å². The number of aliphatic hydroxyl groups excluding tert-OH is 1. The topological polar surface area (TPSA) is 96.7 Å². The number of rotatable bonds is 3. The summed E-state index contributed by atoms with van der Waals surface area (Å²) in [5.41, 5.74) is 5.14. The van der Waals surface area contributed by atoms with Gasteiger partial charge in [0.1, 0.15) is 17.9 Å². The highest BCUT2D eigenvalue weighted by molar-refractivity contribution is 5.74. The zero-order chi connectivity index (χ0) is 9.14. The molecule has 0 radical (unpaired) electrons. The minimum Gasteiger partial charge on any atom is -0.480 e. The van der Waals surface area contributed by atoms with Gasteiger partial charge in [0.2, 0.25) is 0 Å². The van der Waals surface area contributed by atoms with Gasteiger partial charge in [0, 0.05) is 0 Å².